The molecule has 6 nitrogen and oxygen atoms in total. The van der Waals surface area contributed by atoms with Crippen molar-refractivity contribution in [3.63, 3.8) is 0 Å². The molecule has 2 amide bonds. The summed E-state index contributed by atoms with van der Waals surface area (Å²) in [4.78, 5) is 32.3. The zero-order chi connectivity index (χ0) is 22.3. The van der Waals surface area contributed by atoms with E-state index in [0.717, 1.165) is 56.5 Å². The van der Waals surface area contributed by atoms with Crippen LogP contribution in [0.15, 0.2) is 48.8 Å². The van der Waals surface area contributed by atoms with Crippen molar-refractivity contribution in [2.45, 2.75) is 45.6 Å². The molecule has 2 aliphatic rings. The van der Waals surface area contributed by atoms with Crippen molar-refractivity contribution in [3.8, 4) is 5.75 Å². The molecule has 6 heteroatoms. The van der Waals surface area contributed by atoms with E-state index >= 15 is 0 Å². The number of nitrogens with zero attached hydrogens (tertiary/aromatic N) is 3. The minimum atomic E-state index is 0.0871. The molecule has 0 saturated carbocycles. The number of pyridine rings is 1. The van der Waals surface area contributed by atoms with Crippen molar-refractivity contribution in [1.29, 1.82) is 0 Å². The van der Waals surface area contributed by atoms with Gasteiger partial charge in [-0.15, -0.1) is 0 Å². The molecule has 2 saturated heterocycles. The van der Waals surface area contributed by atoms with E-state index in [9.17, 15) is 9.59 Å². The first-order chi connectivity index (χ1) is 15.6. The molecule has 3 heterocycles. The smallest absolute Gasteiger partial charge is 0.225 e. The topological polar surface area (TPSA) is 62.7 Å². The lowest BCUT2D eigenvalue weighted by molar-refractivity contribution is -0.141. The first kappa shape index (κ1) is 22.3. The standard InChI is InChI=1S/C26H33N3O3/c1-20(30)28-16-10-24(11-17-28)26(31)29-14-8-22(9-15-29)18-21-2-4-23(5-3-21)19-32-25-6-12-27-13-7-25/h2-7,12-13,22,24H,8-11,14-19H2,1H3. The summed E-state index contributed by atoms with van der Waals surface area (Å²) in [5, 5.41) is 0. The van der Waals surface area contributed by atoms with E-state index < -0.39 is 0 Å². The number of hydrogen-bond acceptors (Lipinski definition) is 4. The summed E-state index contributed by atoms with van der Waals surface area (Å²) in [7, 11) is 0. The van der Waals surface area contributed by atoms with Gasteiger partial charge >= 0.3 is 0 Å². The molecule has 0 atom stereocenters. The number of hydrogen-bond donors (Lipinski definition) is 0. The van der Waals surface area contributed by atoms with Gasteiger partial charge in [0, 0.05) is 51.4 Å². The molecule has 0 bridgehead atoms. The van der Waals surface area contributed by atoms with Crippen LogP contribution in [0.1, 0.15) is 43.7 Å². The largest absolute Gasteiger partial charge is 0.489 e. The van der Waals surface area contributed by atoms with Crippen molar-refractivity contribution in [3.05, 3.63) is 59.9 Å². The van der Waals surface area contributed by atoms with Crippen LogP contribution in [0.2, 0.25) is 0 Å². The number of aromatic nitrogens is 1. The van der Waals surface area contributed by atoms with Crippen molar-refractivity contribution in [2.75, 3.05) is 26.2 Å². The molecule has 2 fully saturated rings. The Morgan fingerprint density at radius 3 is 2.09 bits per heavy atom. The molecule has 4 rings (SSSR count). The zero-order valence-electron chi connectivity index (χ0n) is 18.9. The molecule has 0 N–H and O–H groups in total. The van der Waals surface area contributed by atoms with Gasteiger partial charge in [0.1, 0.15) is 12.4 Å². The lowest BCUT2D eigenvalue weighted by Gasteiger charge is -2.37. The fourth-order valence-electron chi connectivity index (χ4n) is 4.76. The highest BCUT2D eigenvalue weighted by Crippen LogP contribution is 2.26. The fraction of sp³-hybridized carbons (Fsp3) is 0.500. The van der Waals surface area contributed by atoms with E-state index in [1.54, 1.807) is 19.3 Å². The van der Waals surface area contributed by atoms with Crippen LogP contribution < -0.4 is 4.74 Å². The van der Waals surface area contributed by atoms with Crippen LogP contribution in [0.4, 0.5) is 0 Å². The Kier molecular flexibility index (Phi) is 7.40. The van der Waals surface area contributed by atoms with Gasteiger partial charge in [-0.05, 0) is 61.3 Å². The van der Waals surface area contributed by atoms with Crippen LogP contribution in [-0.4, -0.2) is 52.8 Å². The third-order valence-corrected chi connectivity index (χ3v) is 6.82. The normalized spacial score (nSPS) is 17.9. The molecule has 0 aliphatic carbocycles. The van der Waals surface area contributed by atoms with Crippen LogP contribution in [0, 0.1) is 11.8 Å². The molecule has 32 heavy (non-hydrogen) atoms. The second-order valence-corrected chi connectivity index (χ2v) is 9.04. The Morgan fingerprint density at radius 2 is 1.47 bits per heavy atom. The summed E-state index contributed by atoms with van der Waals surface area (Å²) in [6.45, 7) is 5.30. The Bertz CT molecular complexity index is 884. The third kappa shape index (κ3) is 5.87. The number of rotatable bonds is 6. The second kappa shape index (κ2) is 10.6. The Balaban J connectivity index is 1.19. The molecule has 1 aromatic carbocycles. The van der Waals surface area contributed by atoms with E-state index in [4.69, 9.17) is 4.74 Å². The van der Waals surface area contributed by atoms with Crippen molar-refractivity contribution in [2.24, 2.45) is 11.8 Å². The molecule has 0 radical (unpaired) electrons. The number of carbonyl (C=O) groups excluding carboxylic acids is 2. The number of amides is 2. The Labute approximate surface area is 190 Å². The lowest BCUT2D eigenvalue weighted by atomic mass is 9.88. The van der Waals surface area contributed by atoms with Gasteiger partial charge in [-0.3, -0.25) is 14.6 Å². The van der Waals surface area contributed by atoms with Gasteiger partial charge in [0.15, 0.2) is 0 Å². The maximum Gasteiger partial charge on any atom is 0.225 e. The summed E-state index contributed by atoms with van der Waals surface area (Å²) < 4.78 is 5.79. The van der Waals surface area contributed by atoms with Crippen LogP contribution in [-0.2, 0) is 22.6 Å². The van der Waals surface area contributed by atoms with Crippen molar-refractivity contribution in [1.82, 2.24) is 14.8 Å². The van der Waals surface area contributed by atoms with E-state index in [1.165, 1.54) is 5.56 Å². The number of ether oxygens (including phenoxy) is 1. The van der Waals surface area contributed by atoms with Crippen molar-refractivity contribution < 1.29 is 14.3 Å². The molecule has 0 unspecified atom stereocenters. The summed E-state index contributed by atoms with van der Waals surface area (Å²) in [5.41, 5.74) is 2.50. The maximum atomic E-state index is 12.9. The number of carbonyl (C=O) groups is 2. The van der Waals surface area contributed by atoms with Crippen LogP contribution in [0.3, 0.4) is 0 Å². The number of benzene rings is 1. The summed E-state index contributed by atoms with van der Waals surface area (Å²) in [6, 6.07) is 12.4. The third-order valence-electron chi connectivity index (χ3n) is 6.82. The first-order valence-electron chi connectivity index (χ1n) is 11.7. The predicted molar refractivity (Wildman–Crippen MR) is 123 cm³/mol. The van der Waals surface area contributed by atoms with Gasteiger partial charge in [-0.25, -0.2) is 0 Å². The highest BCUT2D eigenvalue weighted by atomic mass is 16.5. The lowest BCUT2D eigenvalue weighted by Crippen LogP contribution is -2.46. The highest BCUT2D eigenvalue weighted by Gasteiger charge is 2.31. The van der Waals surface area contributed by atoms with E-state index in [1.807, 2.05) is 17.0 Å². The van der Waals surface area contributed by atoms with Crippen molar-refractivity contribution >= 4 is 11.8 Å². The fourth-order valence-corrected chi connectivity index (χ4v) is 4.76. The number of piperidine rings is 2. The minimum absolute atomic E-state index is 0.0871. The van der Waals surface area contributed by atoms with Gasteiger partial charge in [-0.2, -0.15) is 0 Å². The zero-order valence-corrected chi connectivity index (χ0v) is 18.9. The minimum Gasteiger partial charge on any atom is -0.489 e. The van der Waals surface area contributed by atoms with E-state index in [2.05, 4.69) is 34.1 Å². The quantitative estimate of drug-likeness (QED) is 0.694. The maximum absolute atomic E-state index is 12.9. The van der Waals surface area contributed by atoms with Crippen LogP contribution in [0.25, 0.3) is 0 Å². The molecule has 170 valence electrons. The average molecular weight is 436 g/mol. The van der Waals surface area contributed by atoms with Crippen LogP contribution >= 0.6 is 0 Å². The number of likely N-dealkylation sites (tertiary alicyclic amines) is 2. The molecular weight excluding hydrogens is 402 g/mol. The monoisotopic (exact) mass is 435 g/mol. The highest BCUT2D eigenvalue weighted by molar-refractivity contribution is 5.79. The molecule has 2 aromatic rings. The average Bonchev–Trinajstić information content (AvgIpc) is 2.84. The predicted octanol–water partition coefficient (Wildman–Crippen LogP) is 3.70. The van der Waals surface area contributed by atoms with E-state index in [0.29, 0.717) is 31.5 Å². The summed E-state index contributed by atoms with van der Waals surface area (Å²) in [6.07, 6.45) is 8.24. The molecule has 1 aromatic heterocycles. The Hall–Kier alpha value is -2.89. The molecular formula is C26H33N3O3. The molecule has 2 aliphatic heterocycles. The van der Waals surface area contributed by atoms with Gasteiger partial charge in [0.25, 0.3) is 0 Å². The molecule has 0 spiro atoms. The first-order valence-corrected chi connectivity index (χ1v) is 11.7. The summed E-state index contributed by atoms with van der Waals surface area (Å²) >= 11 is 0. The van der Waals surface area contributed by atoms with Gasteiger partial charge < -0.3 is 14.5 Å². The van der Waals surface area contributed by atoms with Gasteiger partial charge in [-0.1, -0.05) is 24.3 Å². The Morgan fingerprint density at radius 1 is 0.875 bits per heavy atom. The second-order valence-electron chi connectivity index (χ2n) is 9.04. The van der Waals surface area contributed by atoms with Gasteiger partial charge in [0.05, 0.1) is 0 Å². The van der Waals surface area contributed by atoms with Crippen LogP contribution in [0.5, 0.6) is 5.75 Å². The van der Waals surface area contributed by atoms with Gasteiger partial charge in [0.2, 0.25) is 11.8 Å². The SMILES string of the molecule is CC(=O)N1CCC(C(=O)N2CCC(Cc3ccc(COc4ccncc4)cc3)CC2)CC1. The summed E-state index contributed by atoms with van der Waals surface area (Å²) in [5.74, 6) is 1.95. The van der Waals surface area contributed by atoms with E-state index in [-0.39, 0.29) is 11.8 Å².